The number of hydrogen-bond donors (Lipinski definition) is 2. The van der Waals surface area contributed by atoms with Crippen LogP contribution in [0.15, 0.2) is 42.1 Å². The molecule has 0 spiro atoms. The second-order valence-electron chi connectivity index (χ2n) is 6.82. The van der Waals surface area contributed by atoms with Gasteiger partial charge in [-0.3, -0.25) is 4.79 Å². The Hall–Kier alpha value is -2.69. The van der Waals surface area contributed by atoms with Crippen molar-refractivity contribution in [2.24, 2.45) is 0 Å². The lowest BCUT2D eigenvalue weighted by molar-refractivity contribution is 0.0949. The number of anilines is 2. The number of nitrogens with one attached hydrogen (secondary N) is 2. The molecule has 1 aliphatic carbocycles. The van der Waals surface area contributed by atoms with Gasteiger partial charge in [0.1, 0.15) is 5.69 Å². The minimum absolute atomic E-state index is 0.160. The fourth-order valence-electron chi connectivity index (χ4n) is 3.18. The summed E-state index contributed by atoms with van der Waals surface area (Å²) in [4.78, 5) is 20.9. The van der Waals surface area contributed by atoms with Crippen molar-refractivity contribution in [3.63, 3.8) is 0 Å². The molecule has 0 saturated carbocycles. The van der Waals surface area contributed by atoms with Crippen LogP contribution in [-0.4, -0.2) is 22.4 Å². The van der Waals surface area contributed by atoms with Gasteiger partial charge in [0.05, 0.1) is 0 Å². The third kappa shape index (κ3) is 4.91. The molecule has 1 amide bonds. The topological polar surface area (TPSA) is 66.9 Å². The van der Waals surface area contributed by atoms with E-state index in [0.29, 0.717) is 18.2 Å². The van der Waals surface area contributed by atoms with E-state index in [1.54, 1.807) is 12.3 Å². The largest absolute Gasteiger partial charge is 0.350 e. The molecule has 2 aromatic rings. The van der Waals surface area contributed by atoms with Gasteiger partial charge < -0.3 is 10.6 Å². The first kappa shape index (κ1) is 18.1. The molecule has 0 bridgehead atoms. The average Bonchev–Trinajstić information content (AvgIpc) is 2.65. The van der Waals surface area contributed by atoms with Gasteiger partial charge in [-0.2, -0.15) is 0 Å². The Morgan fingerprint density at radius 2 is 2.08 bits per heavy atom. The van der Waals surface area contributed by atoms with Gasteiger partial charge >= 0.3 is 0 Å². The van der Waals surface area contributed by atoms with E-state index >= 15 is 0 Å². The molecule has 0 aliphatic heterocycles. The van der Waals surface area contributed by atoms with Gasteiger partial charge in [-0.1, -0.05) is 29.3 Å². The number of amides is 1. The molecule has 26 heavy (non-hydrogen) atoms. The average molecular weight is 350 g/mol. The second kappa shape index (κ2) is 8.61. The number of carbonyl (C=O) groups excluding carboxylic acids is 1. The minimum atomic E-state index is -0.160. The molecule has 5 heteroatoms. The summed E-state index contributed by atoms with van der Waals surface area (Å²) >= 11 is 0. The first-order valence-corrected chi connectivity index (χ1v) is 9.25. The summed E-state index contributed by atoms with van der Waals surface area (Å²) in [5, 5.41) is 6.15. The molecule has 136 valence electrons. The van der Waals surface area contributed by atoms with E-state index in [-0.39, 0.29) is 5.91 Å². The summed E-state index contributed by atoms with van der Waals surface area (Å²) in [5.41, 5.74) is 5.10. The van der Waals surface area contributed by atoms with Crippen LogP contribution in [0.25, 0.3) is 0 Å². The third-order valence-corrected chi connectivity index (χ3v) is 4.63. The van der Waals surface area contributed by atoms with Crippen molar-refractivity contribution >= 4 is 17.5 Å². The lowest BCUT2D eigenvalue weighted by atomic mass is 9.97. The van der Waals surface area contributed by atoms with Crippen LogP contribution in [0.3, 0.4) is 0 Å². The van der Waals surface area contributed by atoms with Crippen LogP contribution in [-0.2, 0) is 0 Å². The van der Waals surface area contributed by atoms with Crippen molar-refractivity contribution in [1.29, 1.82) is 0 Å². The Morgan fingerprint density at radius 1 is 1.19 bits per heavy atom. The van der Waals surface area contributed by atoms with E-state index < -0.39 is 0 Å². The Morgan fingerprint density at radius 3 is 2.85 bits per heavy atom. The summed E-state index contributed by atoms with van der Waals surface area (Å²) in [6.07, 6.45) is 9.72. The maximum Gasteiger partial charge on any atom is 0.270 e. The van der Waals surface area contributed by atoms with Gasteiger partial charge in [0.15, 0.2) is 0 Å². The number of allylic oxidation sites excluding steroid dienone is 1. The maximum atomic E-state index is 12.4. The van der Waals surface area contributed by atoms with E-state index in [1.165, 1.54) is 30.4 Å². The fraction of sp³-hybridized carbons (Fsp3) is 0.381. The SMILES string of the molecule is Cc1ccc(Nc2nccc(C(=O)NCCC3=CCCCC3)n2)c(C)c1. The Bertz CT molecular complexity index is 813. The molecule has 0 radical (unpaired) electrons. The van der Waals surface area contributed by atoms with Gasteiger partial charge in [-0.15, -0.1) is 0 Å². The van der Waals surface area contributed by atoms with Crippen LogP contribution in [0, 0.1) is 13.8 Å². The highest BCUT2D eigenvalue weighted by Crippen LogP contribution is 2.20. The van der Waals surface area contributed by atoms with Crippen molar-refractivity contribution in [2.75, 3.05) is 11.9 Å². The summed E-state index contributed by atoms with van der Waals surface area (Å²) in [6, 6.07) is 7.77. The van der Waals surface area contributed by atoms with Crippen molar-refractivity contribution in [1.82, 2.24) is 15.3 Å². The smallest absolute Gasteiger partial charge is 0.270 e. The minimum Gasteiger partial charge on any atom is -0.350 e. The summed E-state index contributed by atoms with van der Waals surface area (Å²) in [7, 11) is 0. The molecule has 5 nitrogen and oxygen atoms in total. The summed E-state index contributed by atoms with van der Waals surface area (Å²) in [5.74, 6) is 0.270. The zero-order valence-electron chi connectivity index (χ0n) is 15.5. The van der Waals surface area contributed by atoms with E-state index in [9.17, 15) is 4.79 Å². The number of hydrogen-bond acceptors (Lipinski definition) is 4. The van der Waals surface area contributed by atoms with Crippen molar-refractivity contribution in [3.8, 4) is 0 Å². The van der Waals surface area contributed by atoms with Gasteiger partial charge in [-0.25, -0.2) is 9.97 Å². The highest BCUT2D eigenvalue weighted by Gasteiger charge is 2.10. The lowest BCUT2D eigenvalue weighted by Gasteiger charge is -2.13. The molecule has 0 unspecified atom stereocenters. The van der Waals surface area contributed by atoms with Crippen molar-refractivity contribution in [2.45, 2.75) is 46.0 Å². The molecule has 1 aliphatic rings. The molecular formula is C21H26N4O. The molecule has 1 heterocycles. The van der Waals surface area contributed by atoms with Gasteiger partial charge in [0.25, 0.3) is 5.91 Å². The quantitative estimate of drug-likeness (QED) is 0.755. The number of carbonyl (C=O) groups is 1. The number of aromatic nitrogens is 2. The van der Waals surface area contributed by atoms with E-state index in [4.69, 9.17) is 0 Å². The van der Waals surface area contributed by atoms with Crippen molar-refractivity contribution in [3.05, 3.63) is 58.9 Å². The predicted octanol–water partition coefficient (Wildman–Crippen LogP) is 4.46. The van der Waals surface area contributed by atoms with Crippen LogP contribution in [0.1, 0.15) is 53.7 Å². The van der Waals surface area contributed by atoms with Crippen LogP contribution in [0.4, 0.5) is 11.6 Å². The number of benzene rings is 1. The zero-order chi connectivity index (χ0) is 18.4. The molecule has 2 N–H and O–H groups in total. The molecule has 3 rings (SSSR count). The van der Waals surface area contributed by atoms with Crippen LogP contribution < -0.4 is 10.6 Å². The predicted molar refractivity (Wildman–Crippen MR) is 105 cm³/mol. The van der Waals surface area contributed by atoms with Gasteiger partial charge in [0.2, 0.25) is 5.95 Å². The molecular weight excluding hydrogens is 324 g/mol. The van der Waals surface area contributed by atoms with E-state index in [1.807, 2.05) is 19.1 Å². The highest BCUT2D eigenvalue weighted by molar-refractivity contribution is 5.92. The third-order valence-electron chi connectivity index (χ3n) is 4.63. The molecule has 0 fully saturated rings. The first-order chi connectivity index (χ1) is 12.6. The second-order valence-corrected chi connectivity index (χ2v) is 6.82. The first-order valence-electron chi connectivity index (χ1n) is 9.25. The standard InChI is InChI=1S/C21H26N4O/c1-15-8-9-18(16(2)14-15)24-21-23-13-11-19(25-21)20(26)22-12-10-17-6-4-3-5-7-17/h6,8-9,11,13-14H,3-5,7,10,12H2,1-2H3,(H,22,26)(H,23,24,25). The van der Waals surface area contributed by atoms with Gasteiger partial charge in [0, 0.05) is 18.4 Å². The van der Waals surface area contributed by atoms with Crippen LogP contribution in [0.2, 0.25) is 0 Å². The lowest BCUT2D eigenvalue weighted by Crippen LogP contribution is -2.26. The summed E-state index contributed by atoms with van der Waals surface area (Å²) < 4.78 is 0. The molecule has 1 aromatic heterocycles. The highest BCUT2D eigenvalue weighted by atomic mass is 16.1. The zero-order valence-corrected chi connectivity index (χ0v) is 15.5. The fourth-order valence-corrected chi connectivity index (χ4v) is 3.18. The number of aryl methyl sites for hydroxylation is 2. The Labute approximate surface area is 155 Å². The van der Waals surface area contributed by atoms with Crippen LogP contribution in [0.5, 0.6) is 0 Å². The van der Waals surface area contributed by atoms with E-state index in [0.717, 1.165) is 24.1 Å². The normalized spacial score (nSPS) is 13.8. The maximum absolute atomic E-state index is 12.4. The van der Waals surface area contributed by atoms with Crippen LogP contribution >= 0.6 is 0 Å². The van der Waals surface area contributed by atoms with Gasteiger partial charge in [-0.05, 0) is 63.6 Å². The number of rotatable bonds is 6. The summed E-state index contributed by atoms with van der Waals surface area (Å²) in [6.45, 7) is 4.74. The Balaban J connectivity index is 1.59. The van der Waals surface area contributed by atoms with E-state index in [2.05, 4.69) is 39.7 Å². The van der Waals surface area contributed by atoms with Crippen molar-refractivity contribution < 1.29 is 4.79 Å². The monoisotopic (exact) mass is 350 g/mol. The number of nitrogens with zero attached hydrogens (tertiary/aromatic N) is 2. The molecule has 0 saturated heterocycles. The molecule has 0 atom stereocenters. The molecule has 1 aromatic carbocycles. The Kier molecular flexibility index (Phi) is 6.00.